The molecule has 0 saturated heterocycles. The maximum absolute atomic E-state index is 12.0. The van der Waals surface area contributed by atoms with Gasteiger partial charge in [-0.05, 0) is 24.3 Å². The molecule has 0 aliphatic rings. The van der Waals surface area contributed by atoms with Crippen molar-refractivity contribution < 1.29 is 4.79 Å². The van der Waals surface area contributed by atoms with Crippen LogP contribution in [0.4, 0.5) is 5.69 Å². The van der Waals surface area contributed by atoms with E-state index in [2.05, 4.69) is 15.4 Å². The maximum atomic E-state index is 12.0. The van der Waals surface area contributed by atoms with Gasteiger partial charge in [0, 0.05) is 11.3 Å². The molecule has 1 aromatic heterocycles. The molecule has 6 heteroatoms. The summed E-state index contributed by atoms with van der Waals surface area (Å²) >= 11 is 0. The van der Waals surface area contributed by atoms with Gasteiger partial charge in [0.1, 0.15) is 0 Å². The van der Waals surface area contributed by atoms with Crippen LogP contribution in [-0.2, 0) is 13.5 Å². The molecule has 0 unspecified atom stereocenters. The van der Waals surface area contributed by atoms with Crippen molar-refractivity contribution >= 4 is 11.5 Å². The molecule has 0 radical (unpaired) electrons. The zero-order valence-electron chi connectivity index (χ0n) is 9.71. The normalized spacial score (nSPS) is 10.5. The highest BCUT2D eigenvalue weighted by molar-refractivity contribution is 6.01. The van der Waals surface area contributed by atoms with E-state index in [-0.39, 0.29) is 12.2 Å². The average molecular weight is 231 g/mol. The van der Waals surface area contributed by atoms with Crippen LogP contribution < -0.4 is 5.73 Å². The Morgan fingerprint density at radius 3 is 2.88 bits per heavy atom. The molecule has 17 heavy (non-hydrogen) atoms. The number of hydrogen-bond donors (Lipinski definition) is 1. The number of tetrazole rings is 1. The maximum Gasteiger partial charge on any atom is 0.182 e. The van der Waals surface area contributed by atoms with Crippen molar-refractivity contribution in [3.63, 3.8) is 0 Å². The van der Waals surface area contributed by atoms with E-state index in [0.29, 0.717) is 17.1 Å². The van der Waals surface area contributed by atoms with Crippen LogP contribution in [0, 0.1) is 6.92 Å². The predicted molar refractivity (Wildman–Crippen MR) is 62.4 cm³/mol. The van der Waals surface area contributed by atoms with E-state index >= 15 is 0 Å². The number of carbonyl (C=O) groups excluding carboxylic acids is 1. The molecule has 0 bridgehead atoms. The van der Waals surface area contributed by atoms with Crippen LogP contribution in [0.2, 0.25) is 0 Å². The smallest absolute Gasteiger partial charge is 0.182 e. The van der Waals surface area contributed by atoms with Crippen molar-refractivity contribution in [3.05, 3.63) is 35.2 Å². The standard InChI is InChI=1S/C11H13N5O/c1-7-3-4-9(12)8(5-7)10(17)6-11-13-15-16(2)14-11/h3-5H,6,12H2,1-2H3. The molecule has 0 saturated carbocycles. The van der Waals surface area contributed by atoms with Gasteiger partial charge in [-0.15, -0.1) is 10.2 Å². The summed E-state index contributed by atoms with van der Waals surface area (Å²) < 4.78 is 0. The van der Waals surface area contributed by atoms with E-state index < -0.39 is 0 Å². The Bertz CT molecular complexity index is 561. The van der Waals surface area contributed by atoms with Crippen LogP contribution >= 0.6 is 0 Å². The molecular weight excluding hydrogens is 218 g/mol. The van der Waals surface area contributed by atoms with Crippen molar-refractivity contribution in [2.45, 2.75) is 13.3 Å². The third kappa shape index (κ3) is 2.47. The van der Waals surface area contributed by atoms with Gasteiger partial charge in [-0.1, -0.05) is 11.6 Å². The molecule has 0 fully saturated rings. The summed E-state index contributed by atoms with van der Waals surface area (Å²) in [5.74, 6) is 0.303. The van der Waals surface area contributed by atoms with Gasteiger partial charge in [0.15, 0.2) is 11.6 Å². The van der Waals surface area contributed by atoms with Crippen molar-refractivity contribution in [2.24, 2.45) is 7.05 Å². The summed E-state index contributed by atoms with van der Waals surface area (Å²) in [6.07, 6.45) is 0.113. The Balaban J connectivity index is 2.22. The number of hydrogen-bond acceptors (Lipinski definition) is 5. The predicted octanol–water partition coefficient (Wildman–Crippen LogP) is 0.526. The quantitative estimate of drug-likeness (QED) is 0.615. The highest BCUT2D eigenvalue weighted by Gasteiger charge is 2.13. The summed E-state index contributed by atoms with van der Waals surface area (Å²) in [4.78, 5) is 13.3. The lowest BCUT2D eigenvalue weighted by molar-refractivity contribution is 0.0991. The second-order valence-corrected chi connectivity index (χ2v) is 3.89. The van der Waals surface area contributed by atoms with E-state index in [4.69, 9.17) is 5.73 Å². The van der Waals surface area contributed by atoms with Gasteiger partial charge in [0.2, 0.25) is 0 Å². The van der Waals surface area contributed by atoms with E-state index in [1.165, 1.54) is 4.80 Å². The van der Waals surface area contributed by atoms with Crippen LogP contribution in [0.15, 0.2) is 18.2 Å². The zero-order valence-corrected chi connectivity index (χ0v) is 9.71. The van der Waals surface area contributed by atoms with Crippen LogP contribution in [0.25, 0.3) is 0 Å². The summed E-state index contributed by atoms with van der Waals surface area (Å²) in [5.41, 5.74) is 7.75. The van der Waals surface area contributed by atoms with Gasteiger partial charge < -0.3 is 5.73 Å². The van der Waals surface area contributed by atoms with Gasteiger partial charge in [-0.2, -0.15) is 4.80 Å². The van der Waals surface area contributed by atoms with E-state index in [1.807, 2.05) is 13.0 Å². The van der Waals surface area contributed by atoms with E-state index in [1.54, 1.807) is 19.2 Å². The number of carbonyl (C=O) groups is 1. The molecule has 0 amide bonds. The minimum absolute atomic E-state index is 0.0980. The number of Topliss-reactive ketones (excluding diaryl/α,β-unsaturated/α-hetero) is 1. The SMILES string of the molecule is Cc1ccc(N)c(C(=O)Cc2nnn(C)n2)c1. The Hall–Kier alpha value is -2.24. The first kappa shape index (κ1) is 11.3. The molecule has 0 aliphatic heterocycles. The lowest BCUT2D eigenvalue weighted by Crippen LogP contribution is -2.08. The van der Waals surface area contributed by atoms with Gasteiger partial charge in [-0.25, -0.2) is 0 Å². The minimum Gasteiger partial charge on any atom is -0.398 e. The first-order valence-electron chi connectivity index (χ1n) is 5.18. The third-order valence-corrected chi connectivity index (χ3v) is 2.38. The monoisotopic (exact) mass is 231 g/mol. The fourth-order valence-corrected chi connectivity index (χ4v) is 1.54. The molecule has 2 N–H and O–H groups in total. The average Bonchev–Trinajstić information content (AvgIpc) is 2.67. The fourth-order valence-electron chi connectivity index (χ4n) is 1.54. The van der Waals surface area contributed by atoms with Crippen molar-refractivity contribution in [1.29, 1.82) is 0 Å². The number of nitrogens with zero attached hydrogens (tertiary/aromatic N) is 4. The molecular formula is C11H13N5O. The van der Waals surface area contributed by atoms with Gasteiger partial charge >= 0.3 is 0 Å². The van der Waals surface area contributed by atoms with Crippen LogP contribution in [0.3, 0.4) is 0 Å². The first-order valence-corrected chi connectivity index (χ1v) is 5.18. The summed E-state index contributed by atoms with van der Waals surface area (Å²) in [5, 5.41) is 11.4. The van der Waals surface area contributed by atoms with E-state index in [9.17, 15) is 4.79 Å². The van der Waals surface area contributed by atoms with Crippen LogP contribution in [0.5, 0.6) is 0 Å². The minimum atomic E-state index is -0.0980. The molecule has 88 valence electrons. The highest BCUT2D eigenvalue weighted by atomic mass is 16.1. The number of aromatic nitrogens is 4. The molecule has 6 nitrogen and oxygen atoms in total. The third-order valence-electron chi connectivity index (χ3n) is 2.38. The number of nitrogen functional groups attached to an aromatic ring is 1. The molecule has 0 aliphatic carbocycles. The topological polar surface area (TPSA) is 86.7 Å². The number of nitrogens with two attached hydrogens (primary N) is 1. The Labute approximate surface area is 98.4 Å². The molecule has 2 rings (SSSR count). The van der Waals surface area contributed by atoms with Gasteiger partial charge in [0.25, 0.3) is 0 Å². The number of benzene rings is 1. The van der Waals surface area contributed by atoms with Crippen LogP contribution in [0.1, 0.15) is 21.7 Å². The van der Waals surface area contributed by atoms with Gasteiger partial charge in [0.05, 0.1) is 13.5 Å². The largest absolute Gasteiger partial charge is 0.398 e. The first-order chi connectivity index (χ1) is 8.06. The number of rotatable bonds is 3. The Kier molecular flexibility index (Phi) is 2.86. The Morgan fingerprint density at radius 1 is 1.47 bits per heavy atom. The number of aryl methyl sites for hydroxylation is 2. The number of ketones is 1. The number of anilines is 1. The second-order valence-electron chi connectivity index (χ2n) is 3.89. The molecule has 2 aromatic rings. The molecule has 1 heterocycles. The summed E-state index contributed by atoms with van der Waals surface area (Å²) in [7, 11) is 1.65. The molecule has 0 spiro atoms. The zero-order chi connectivity index (χ0) is 12.4. The van der Waals surface area contributed by atoms with E-state index in [0.717, 1.165) is 5.56 Å². The summed E-state index contributed by atoms with van der Waals surface area (Å²) in [6, 6.07) is 5.37. The molecule has 1 aromatic carbocycles. The summed E-state index contributed by atoms with van der Waals surface area (Å²) in [6.45, 7) is 1.91. The van der Waals surface area contributed by atoms with Crippen LogP contribution in [-0.4, -0.2) is 26.0 Å². The lowest BCUT2D eigenvalue weighted by Gasteiger charge is -2.04. The van der Waals surface area contributed by atoms with Crippen molar-refractivity contribution in [1.82, 2.24) is 20.2 Å². The second kappa shape index (κ2) is 4.32. The molecule has 0 atom stereocenters. The highest BCUT2D eigenvalue weighted by Crippen LogP contribution is 2.15. The fraction of sp³-hybridized carbons (Fsp3) is 0.273. The van der Waals surface area contributed by atoms with Crippen molar-refractivity contribution in [3.8, 4) is 0 Å². The van der Waals surface area contributed by atoms with Crippen molar-refractivity contribution in [2.75, 3.05) is 5.73 Å². The lowest BCUT2D eigenvalue weighted by atomic mass is 10.0. The Morgan fingerprint density at radius 2 is 2.24 bits per heavy atom. The van der Waals surface area contributed by atoms with Gasteiger partial charge in [-0.3, -0.25) is 4.79 Å².